The second-order valence-corrected chi connectivity index (χ2v) is 10.3. The highest BCUT2D eigenvalue weighted by atomic mass is 35.5. The van der Waals surface area contributed by atoms with Crippen molar-refractivity contribution in [2.75, 3.05) is 17.3 Å². The molecule has 0 aliphatic carbocycles. The summed E-state index contributed by atoms with van der Waals surface area (Å²) >= 11 is 6.02. The maximum Gasteiger partial charge on any atom is 0.333 e. The van der Waals surface area contributed by atoms with Gasteiger partial charge in [-0.2, -0.15) is 0 Å². The Hall–Kier alpha value is -5.88. The number of nitroso groups, excluding NO2 is 1. The van der Waals surface area contributed by atoms with E-state index in [1.807, 2.05) is 0 Å². The van der Waals surface area contributed by atoms with Crippen molar-refractivity contribution in [3.63, 3.8) is 0 Å². The number of hydrogen-bond donors (Lipinski definition) is 1. The number of nitro benzene ring substituents is 1. The maximum absolute atomic E-state index is 14.0. The first kappa shape index (κ1) is 30.6. The Kier molecular flexibility index (Phi) is 8.68. The standard InChI is InChI=1S/C32H24ClN5O7/c1-19-27(28-17-26(45-2)15-16-29(28)36(19)31(40)20-3-5-21(33)6-4-20)18-30(39)37(24-11-13-25(14-12-24)38(43)44)32(41)34-22-7-9-23(35-42)10-8-22/h3-17H,18H2,1-2H3,(H,34,41). The number of anilines is 2. The number of benzene rings is 4. The van der Waals surface area contributed by atoms with Gasteiger partial charge in [-0.05, 0) is 96.5 Å². The van der Waals surface area contributed by atoms with Crippen molar-refractivity contribution in [2.45, 2.75) is 13.3 Å². The monoisotopic (exact) mass is 625 g/mol. The Balaban J connectivity index is 1.57. The topological polar surface area (TPSA) is 153 Å². The summed E-state index contributed by atoms with van der Waals surface area (Å²) in [6.07, 6.45) is -0.325. The second kappa shape index (κ2) is 12.8. The minimum Gasteiger partial charge on any atom is -0.497 e. The molecule has 0 saturated carbocycles. The molecular formula is C32H24ClN5O7. The number of nitrogens with one attached hydrogen (secondary N) is 1. The predicted octanol–water partition coefficient (Wildman–Crippen LogP) is 7.41. The van der Waals surface area contributed by atoms with Crippen LogP contribution >= 0.6 is 11.6 Å². The smallest absolute Gasteiger partial charge is 0.333 e. The number of fused-ring (bicyclic) bond motifs is 1. The molecule has 0 atom stereocenters. The molecule has 1 aromatic heterocycles. The molecule has 0 spiro atoms. The van der Waals surface area contributed by atoms with E-state index < -0.39 is 16.9 Å². The van der Waals surface area contributed by atoms with E-state index in [2.05, 4.69) is 10.5 Å². The van der Waals surface area contributed by atoms with Crippen molar-refractivity contribution < 1.29 is 24.0 Å². The van der Waals surface area contributed by atoms with Crippen LogP contribution in [0.3, 0.4) is 0 Å². The Labute approximate surface area is 260 Å². The molecule has 226 valence electrons. The number of non-ortho nitro benzene ring substituents is 1. The highest BCUT2D eigenvalue weighted by Gasteiger charge is 2.28. The van der Waals surface area contributed by atoms with E-state index in [4.69, 9.17) is 16.3 Å². The van der Waals surface area contributed by atoms with Crippen molar-refractivity contribution in [3.05, 3.63) is 128 Å². The SMILES string of the molecule is COc1ccc2c(c1)c(CC(=O)N(C(=O)Nc1ccc(N=O)cc1)c1ccc([N+](=O)[O-])cc1)c(C)n2C(=O)c1ccc(Cl)cc1. The number of rotatable bonds is 8. The Morgan fingerprint density at radius 3 is 2.24 bits per heavy atom. The van der Waals surface area contributed by atoms with Gasteiger partial charge < -0.3 is 10.1 Å². The number of ether oxygens (including phenoxy) is 1. The van der Waals surface area contributed by atoms with Crippen molar-refractivity contribution in [2.24, 2.45) is 5.18 Å². The Morgan fingerprint density at radius 2 is 1.64 bits per heavy atom. The molecule has 12 nitrogen and oxygen atoms in total. The summed E-state index contributed by atoms with van der Waals surface area (Å²) in [6.45, 7) is 1.70. The maximum atomic E-state index is 14.0. The second-order valence-electron chi connectivity index (χ2n) is 9.84. The number of imide groups is 1. The summed E-state index contributed by atoms with van der Waals surface area (Å²) in [5.74, 6) is -0.543. The molecular weight excluding hydrogens is 602 g/mol. The lowest BCUT2D eigenvalue weighted by molar-refractivity contribution is -0.384. The lowest BCUT2D eigenvalue weighted by Gasteiger charge is -2.22. The largest absolute Gasteiger partial charge is 0.497 e. The number of aromatic nitrogens is 1. The number of urea groups is 1. The summed E-state index contributed by atoms with van der Waals surface area (Å²) < 4.78 is 6.89. The lowest BCUT2D eigenvalue weighted by atomic mass is 10.1. The van der Waals surface area contributed by atoms with Crippen molar-refractivity contribution in [1.29, 1.82) is 0 Å². The molecule has 0 saturated heterocycles. The molecule has 0 radical (unpaired) electrons. The molecule has 4 aromatic carbocycles. The first-order valence-corrected chi connectivity index (χ1v) is 13.8. The van der Waals surface area contributed by atoms with E-state index >= 15 is 0 Å². The molecule has 13 heteroatoms. The van der Waals surface area contributed by atoms with Gasteiger partial charge in [0.25, 0.3) is 11.6 Å². The number of nitro groups is 1. The quantitative estimate of drug-likeness (QED) is 0.107. The van der Waals surface area contributed by atoms with E-state index in [9.17, 15) is 29.4 Å². The van der Waals surface area contributed by atoms with E-state index in [0.717, 1.165) is 4.90 Å². The third kappa shape index (κ3) is 6.26. The molecule has 5 rings (SSSR count). The van der Waals surface area contributed by atoms with Gasteiger partial charge in [0.15, 0.2) is 0 Å². The first-order chi connectivity index (χ1) is 21.6. The minimum absolute atomic E-state index is 0.0745. The van der Waals surface area contributed by atoms with Crippen molar-refractivity contribution in [1.82, 2.24) is 4.57 Å². The summed E-state index contributed by atoms with van der Waals surface area (Å²) in [7, 11) is 1.49. The molecule has 0 aliphatic heterocycles. The number of carbonyl (C=O) groups excluding carboxylic acids is 3. The molecule has 0 bridgehead atoms. The van der Waals surface area contributed by atoms with Gasteiger partial charge in [0.05, 0.1) is 29.7 Å². The zero-order chi connectivity index (χ0) is 32.2. The zero-order valence-electron chi connectivity index (χ0n) is 23.9. The zero-order valence-corrected chi connectivity index (χ0v) is 24.6. The summed E-state index contributed by atoms with van der Waals surface area (Å²) in [5, 5.41) is 17.7. The highest BCUT2D eigenvalue weighted by Crippen LogP contribution is 2.32. The van der Waals surface area contributed by atoms with Crippen LogP contribution in [0.15, 0.2) is 96.2 Å². The average molecular weight is 626 g/mol. The van der Waals surface area contributed by atoms with Crippen LogP contribution in [-0.2, 0) is 11.2 Å². The third-order valence-electron chi connectivity index (χ3n) is 7.16. The number of halogens is 1. The number of hydrogen-bond acceptors (Lipinski definition) is 8. The van der Waals surface area contributed by atoms with Crippen molar-refractivity contribution in [3.8, 4) is 5.75 Å². The van der Waals surface area contributed by atoms with Gasteiger partial charge in [0.1, 0.15) is 11.4 Å². The molecule has 45 heavy (non-hydrogen) atoms. The molecule has 0 aliphatic rings. The van der Waals surface area contributed by atoms with Crippen LogP contribution in [0.2, 0.25) is 5.02 Å². The molecule has 5 aromatic rings. The molecule has 3 amide bonds. The molecule has 0 fully saturated rings. The molecule has 0 unspecified atom stereocenters. The van der Waals surface area contributed by atoms with Gasteiger partial charge in [-0.15, -0.1) is 4.91 Å². The summed E-state index contributed by atoms with van der Waals surface area (Å²) in [5.41, 5.74) is 2.09. The molecule has 1 N–H and O–H groups in total. The van der Waals surface area contributed by atoms with Gasteiger partial charge in [-0.1, -0.05) is 11.6 Å². The fraction of sp³-hybridized carbons (Fsp3) is 0.0938. The predicted molar refractivity (Wildman–Crippen MR) is 170 cm³/mol. The number of amides is 3. The van der Waals surface area contributed by atoms with Crippen LogP contribution in [-0.4, -0.2) is 34.4 Å². The molecule has 1 heterocycles. The number of methoxy groups -OCH3 is 1. The van der Waals surface area contributed by atoms with Gasteiger partial charge in [-0.3, -0.25) is 24.3 Å². The number of carbonyl (C=O) groups is 3. The minimum atomic E-state index is -0.850. The van der Waals surface area contributed by atoms with Gasteiger partial charge in [-0.25, -0.2) is 9.69 Å². The lowest BCUT2D eigenvalue weighted by Crippen LogP contribution is -2.41. The highest BCUT2D eigenvalue weighted by molar-refractivity contribution is 6.30. The Morgan fingerprint density at radius 1 is 0.978 bits per heavy atom. The fourth-order valence-electron chi connectivity index (χ4n) is 4.91. The van der Waals surface area contributed by atoms with Gasteiger partial charge >= 0.3 is 6.03 Å². The van der Waals surface area contributed by atoms with Crippen LogP contribution in [0.5, 0.6) is 5.75 Å². The normalized spacial score (nSPS) is 10.7. The fourth-order valence-corrected chi connectivity index (χ4v) is 5.03. The Bertz CT molecular complexity index is 1950. The van der Waals surface area contributed by atoms with E-state index in [1.54, 1.807) is 49.4 Å². The van der Waals surface area contributed by atoms with Crippen LogP contribution < -0.4 is 15.0 Å². The van der Waals surface area contributed by atoms with Gasteiger partial charge in [0, 0.05) is 39.5 Å². The van der Waals surface area contributed by atoms with Gasteiger partial charge in [0.2, 0.25) is 5.91 Å². The van der Waals surface area contributed by atoms with E-state index in [-0.39, 0.29) is 35.1 Å². The van der Waals surface area contributed by atoms with E-state index in [0.29, 0.717) is 38.5 Å². The van der Waals surface area contributed by atoms with Crippen molar-refractivity contribution >= 4 is 63.1 Å². The third-order valence-corrected chi connectivity index (χ3v) is 7.41. The average Bonchev–Trinajstić information content (AvgIpc) is 3.31. The van der Waals surface area contributed by atoms with Crippen LogP contribution in [0, 0.1) is 21.9 Å². The van der Waals surface area contributed by atoms with E-state index in [1.165, 1.54) is 60.2 Å². The van der Waals surface area contributed by atoms with Crippen LogP contribution in [0.1, 0.15) is 21.6 Å². The van der Waals surface area contributed by atoms with Crippen LogP contribution in [0.4, 0.5) is 27.5 Å². The summed E-state index contributed by atoms with van der Waals surface area (Å²) in [6, 6.07) is 21.3. The van der Waals surface area contributed by atoms with Crippen LogP contribution in [0.25, 0.3) is 10.9 Å². The number of nitrogens with zero attached hydrogens (tertiary/aromatic N) is 4. The summed E-state index contributed by atoms with van der Waals surface area (Å²) in [4.78, 5) is 63.6. The first-order valence-electron chi connectivity index (χ1n) is 13.4.